The third-order valence-electron chi connectivity index (χ3n) is 4.60. The molecule has 0 aliphatic heterocycles. The van der Waals surface area contributed by atoms with Crippen LogP contribution in [0.4, 0.5) is 11.4 Å². The molecule has 3 aromatic rings. The minimum absolute atomic E-state index is 0.173. The van der Waals surface area contributed by atoms with E-state index in [9.17, 15) is 13.2 Å². The Morgan fingerprint density at radius 3 is 2.60 bits per heavy atom. The first-order valence-corrected chi connectivity index (χ1v) is 11.8. The number of halogens is 1. The van der Waals surface area contributed by atoms with Gasteiger partial charge < -0.3 is 10.3 Å². The largest absolute Gasteiger partial charge is 0.378 e. The van der Waals surface area contributed by atoms with Crippen molar-refractivity contribution in [2.45, 2.75) is 26.8 Å². The van der Waals surface area contributed by atoms with Crippen LogP contribution >= 0.6 is 11.6 Å². The number of nitrogens with one attached hydrogen (secondary N) is 2. The second kappa shape index (κ2) is 8.65. The summed E-state index contributed by atoms with van der Waals surface area (Å²) in [6.45, 7) is 6.18. The Balaban J connectivity index is 1.91. The SMILES string of the molecule is CC(C)CN(c1cccc(NC(C)c2cc3cc(Cl)cnc3[nH]c2=O)c1)S(C)(=O)=O. The first kappa shape index (κ1) is 22.1. The number of hydrogen-bond donors (Lipinski definition) is 2. The molecule has 0 spiro atoms. The molecule has 0 bridgehead atoms. The molecule has 0 fully saturated rings. The van der Waals surface area contributed by atoms with Crippen molar-refractivity contribution in [1.82, 2.24) is 9.97 Å². The molecule has 30 heavy (non-hydrogen) atoms. The Morgan fingerprint density at radius 1 is 1.20 bits per heavy atom. The quantitative estimate of drug-likeness (QED) is 0.565. The Kier molecular flexibility index (Phi) is 6.38. The number of sulfonamides is 1. The molecule has 2 N–H and O–H groups in total. The third-order valence-corrected chi connectivity index (χ3v) is 5.97. The molecule has 0 radical (unpaired) electrons. The molecule has 160 valence electrons. The first-order valence-electron chi connectivity index (χ1n) is 9.57. The topological polar surface area (TPSA) is 95.2 Å². The van der Waals surface area contributed by atoms with E-state index in [0.717, 1.165) is 5.39 Å². The van der Waals surface area contributed by atoms with Gasteiger partial charge in [0, 0.05) is 29.4 Å². The molecular weight excluding hydrogens is 424 g/mol. The van der Waals surface area contributed by atoms with Crippen LogP contribution in [0.15, 0.2) is 47.4 Å². The minimum atomic E-state index is -3.41. The number of rotatable bonds is 7. The third kappa shape index (κ3) is 5.12. The number of pyridine rings is 2. The van der Waals surface area contributed by atoms with Gasteiger partial charge in [0.05, 0.1) is 23.0 Å². The lowest BCUT2D eigenvalue weighted by Crippen LogP contribution is -2.33. The maximum atomic E-state index is 12.5. The summed E-state index contributed by atoms with van der Waals surface area (Å²) in [7, 11) is -3.41. The summed E-state index contributed by atoms with van der Waals surface area (Å²) >= 11 is 6.02. The molecule has 1 unspecified atom stereocenters. The lowest BCUT2D eigenvalue weighted by Gasteiger charge is -2.25. The lowest BCUT2D eigenvalue weighted by molar-refractivity contribution is 0.583. The zero-order valence-corrected chi connectivity index (χ0v) is 18.9. The monoisotopic (exact) mass is 448 g/mol. The van der Waals surface area contributed by atoms with Crippen LogP contribution in [0, 0.1) is 5.92 Å². The van der Waals surface area contributed by atoms with Crippen molar-refractivity contribution in [3.05, 3.63) is 63.5 Å². The standard InChI is InChI=1S/C21H25ClN4O3S/c1-13(2)12-26(30(4,28)29)18-7-5-6-17(10-18)24-14(3)19-9-15-8-16(22)11-23-20(15)25-21(19)27/h5-11,13-14,24H,12H2,1-4H3,(H,23,25,27). The van der Waals surface area contributed by atoms with Crippen LogP contribution in [0.3, 0.4) is 0 Å². The van der Waals surface area contributed by atoms with E-state index >= 15 is 0 Å². The van der Waals surface area contributed by atoms with Gasteiger partial charge in [-0.2, -0.15) is 0 Å². The van der Waals surface area contributed by atoms with E-state index in [1.54, 1.807) is 30.3 Å². The maximum absolute atomic E-state index is 12.5. The molecule has 9 heteroatoms. The molecule has 3 rings (SSSR count). The number of nitrogens with zero attached hydrogens (tertiary/aromatic N) is 2. The van der Waals surface area contributed by atoms with E-state index < -0.39 is 10.0 Å². The van der Waals surface area contributed by atoms with Crippen LogP contribution in [-0.2, 0) is 10.0 Å². The molecule has 2 heterocycles. The van der Waals surface area contributed by atoms with Crippen LogP contribution < -0.4 is 15.2 Å². The van der Waals surface area contributed by atoms with E-state index in [1.807, 2.05) is 26.8 Å². The number of hydrogen-bond acceptors (Lipinski definition) is 5. The predicted octanol–water partition coefficient (Wildman–Crippen LogP) is 4.17. The summed E-state index contributed by atoms with van der Waals surface area (Å²) in [5.74, 6) is 0.173. The van der Waals surface area contributed by atoms with E-state index in [0.29, 0.717) is 34.2 Å². The number of benzene rings is 1. The van der Waals surface area contributed by atoms with Crippen LogP contribution in [0.1, 0.15) is 32.4 Å². The van der Waals surface area contributed by atoms with Crippen LogP contribution in [0.5, 0.6) is 0 Å². The second-order valence-electron chi connectivity index (χ2n) is 7.75. The summed E-state index contributed by atoms with van der Waals surface area (Å²) in [6.07, 6.45) is 2.68. The molecule has 7 nitrogen and oxygen atoms in total. The minimum Gasteiger partial charge on any atom is -0.378 e. The normalized spacial score (nSPS) is 12.9. The van der Waals surface area contributed by atoms with Crippen LogP contribution in [0.2, 0.25) is 5.02 Å². The van der Waals surface area contributed by atoms with E-state index in [1.165, 1.54) is 16.8 Å². The summed E-state index contributed by atoms with van der Waals surface area (Å²) in [5.41, 5.74) is 2.04. The number of H-pyrrole nitrogens is 1. The van der Waals surface area contributed by atoms with E-state index in [-0.39, 0.29) is 17.5 Å². The van der Waals surface area contributed by atoms with Gasteiger partial charge in [-0.15, -0.1) is 0 Å². The highest BCUT2D eigenvalue weighted by Crippen LogP contribution is 2.26. The molecule has 0 aliphatic rings. The first-order chi connectivity index (χ1) is 14.0. The van der Waals surface area contributed by atoms with Gasteiger partial charge in [0.25, 0.3) is 5.56 Å². The maximum Gasteiger partial charge on any atom is 0.254 e. The number of fused-ring (bicyclic) bond motifs is 1. The summed E-state index contributed by atoms with van der Waals surface area (Å²) < 4.78 is 25.9. The summed E-state index contributed by atoms with van der Waals surface area (Å²) in [4.78, 5) is 19.4. The van der Waals surface area contributed by atoms with Gasteiger partial charge in [-0.1, -0.05) is 31.5 Å². The van der Waals surface area contributed by atoms with Gasteiger partial charge >= 0.3 is 0 Å². The summed E-state index contributed by atoms with van der Waals surface area (Å²) in [5, 5.41) is 4.51. The molecule has 1 atom stereocenters. The Labute approximate surface area is 181 Å². The molecule has 0 saturated carbocycles. The Morgan fingerprint density at radius 2 is 1.93 bits per heavy atom. The van der Waals surface area contributed by atoms with E-state index in [2.05, 4.69) is 15.3 Å². The van der Waals surface area contributed by atoms with Crippen molar-refractivity contribution < 1.29 is 8.42 Å². The molecule has 2 aromatic heterocycles. The summed E-state index contributed by atoms with van der Waals surface area (Å²) in [6, 6.07) is 10.3. The van der Waals surface area contributed by atoms with Crippen molar-refractivity contribution in [1.29, 1.82) is 0 Å². The lowest BCUT2D eigenvalue weighted by atomic mass is 10.1. The Bertz CT molecular complexity index is 1220. The molecule has 0 aliphatic carbocycles. The predicted molar refractivity (Wildman–Crippen MR) is 123 cm³/mol. The zero-order chi connectivity index (χ0) is 22.1. The van der Waals surface area contributed by atoms with Crippen molar-refractivity contribution in [3.63, 3.8) is 0 Å². The number of aromatic nitrogens is 2. The highest BCUT2D eigenvalue weighted by atomic mass is 35.5. The van der Waals surface area contributed by atoms with Gasteiger partial charge in [0.2, 0.25) is 10.0 Å². The van der Waals surface area contributed by atoms with Crippen molar-refractivity contribution >= 4 is 44.0 Å². The molecule has 0 saturated heterocycles. The molecular formula is C21H25ClN4O3S. The van der Waals surface area contributed by atoms with Crippen molar-refractivity contribution in [2.75, 3.05) is 22.4 Å². The van der Waals surface area contributed by atoms with Crippen LogP contribution in [-0.4, -0.2) is 31.2 Å². The van der Waals surface area contributed by atoms with Gasteiger partial charge in [0.1, 0.15) is 5.65 Å². The fourth-order valence-electron chi connectivity index (χ4n) is 3.25. The van der Waals surface area contributed by atoms with Gasteiger partial charge in [0.15, 0.2) is 0 Å². The van der Waals surface area contributed by atoms with Crippen molar-refractivity contribution in [2.24, 2.45) is 5.92 Å². The number of anilines is 2. The van der Waals surface area contributed by atoms with Gasteiger partial charge in [-0.3, -0.25) is 9.10 Å². The fourth-order valence-corrected chi connectivity index (χ4v) is 4.48. The Hall–Kier alpha value is -2.58. The van der Waals surface area contributed by atoms with Crippen LogP contribution in [0.25, 0.3) is 11.0 Å². The second-order valence-corrected chi connectivity index (χ2v) is 10.1. The molecule has 1 aromatic carbocycles. The smallest absolute Gasteiger partial charge is 0.254 e. The molecule has 0 amide bonds. The van der Waals surface area contributed by atoms with Crippen molar-refractivity contribution in [3.8, 4) is 0 Å². The highest BCUT2D eigenvalue weighted by Gasteiger charge is 2.19. The average Bonchev–Trinajstić information content (AvgIpc) is 2.65. The average molecular weight is 449 g/mol. The zero-order valence-electron chi connectivity index (χ0n) is 17.3. The van der Waals surface area contributed by atoms with Gasteiger partial charge in [-0.25, -0.2) is 13.4 Å². The van der Waals surface area contributed by atoms with E-state index in [4.69, 9.17) is 11.6 Å². The highest BCUT2D eigenvalue weighted by molar-refractivity contribution is 7.92. The number of aromatic amines is 1. The van der Waals surface area contributed by atoms with Gasteiger partial charge in [-0.05, 0) is 43.2 Å². The fraction of sp³-hybridized carbons (Fsp3) is 0.333.